The number of benzene rings is 1. The Kier molecular flexibility index (Phi) is 6.81. The number of rotatable bonds is 8. The summed E-state index contributed by atoms with van der Waals surface area (Å²) < 4.78 is 7.18. The first kappa shape index (κ1) is 18.5. The van der Waals surface area contributed by atoms with Crippen LogP contribution in [0.5, 0.6) is 0 Å². The second-order valence-electron chi connectivity index (χ2n) is 5.60. The number of thioether (sulfide) groups is 1. The number of fused-ring (bicyclic) bond motifs is 1. The molecule has 2 aromatic rings. The molecule has 0 saturated heterocycles. The van der Waals surface area contributed by atoms with Crippen LogP contribution in [0.1, 0.15) is 20.3 Å². The van der Waals surface area contributed by atoms with Gasteiger partial charge in [0.05, 0.1) is 22.8 Å². The number of ether oxygens (including phenoxy) is 1. The topological polar surface area (TPSA) is 73.2 Å². The molecule has 0 atom stereocenters. The standard InChI is InChI=1S/C17H23N3O3S/c1-12(2)23-10-6-9-20-16(22)13-7-4-5-8-14(13)19-17(20)24-11-15(21)18-3/h4-5,7-8,12H,6,9-11H2,1-3H3,(H,18,21). The van der Waals surface area contributed by atoms with Gasteiger partial charge in [0.1, 0.15) is 0 Å². The second kappa shape index (κ2) is 8.84. The first-order valence-corrected chi connectivity index (χ1v) is 8.96. The van der Waals surface area contributed by atoms with E-state index < -0.39 is 0 Å². The van der Waals surface area contributed by atoms with Gasteiger partial charge < -0.3 is 10.1 Å². The zero-order valence-electron chi connectivity index (χ0n) is 14.2. The van der Waals surface area contributed by atoms with Crippen LogP contribution < -0.4 is 10.9 Å². The van der Waals surface area contributed by atoms with Crippen molar-refractivity contribution in [2.45, 2.75) is 38.1 Å². The van der Waals surface area contributed by atoms with E-state index in [-0.39, 0.29) is 23.3 Å². The molecule has 0 radical (unpaired) electrons. The van der Waals surface area contributed by atoms with E-state index in [1.54, 1.807) is 17.7 Å². The number of amides is 1. The molecule has 1 heterocycles. The van der Waals surface area contributed by atoms with E-state index in [0.717, 1.165) is 0 Å². The highest BCUT2D eigenvalue weighted by Crippen LogP contribution is 2.18. The molecule has 0 aliphatic heterocycles. The van der Waals surface area contributed by atoms with Crippen LogP contribution in [-0.2, 0) is 16.1 Å². The van der Waals surface area contributed by atoms with Gasteiger partial charge in [0, 0.05) is 20.2 Å². The lowest BCUT2D eigenvalue weighted by molar-refractivity contribution is -0.118. The Balaban J connectivity index is 2.27. The van der Waals surface area contributed by atoms with Crippen LogP contribution in [-0.4, -0.2) is 41.0 Å². The quantitative estimate of drug-likeness (QED) is 0.449. The fourth-order valence-corrected chi connectivity index (χ4v) is 3.10. The highest BCUT2D eigenvalue weighted by Gasteiger charge is 2.12. The van der Waals surface area contributed by atoms with Crippen LogP contribution >= 0.6 is 11.8 Å². The minimum absolute atomic E-state index is 0.0791. The van der Waals surface area contributed by atoms with Crippen LogP contribution in [0.25, 0.3) is 10.9 Å². The fraction of sp³-hybridized carbons (Fsp3) is 0.471. The number of carbonyl (C=O) groups is 1. The first-order valence-electron chi connectivity index (χ1n) is 7.97. The van der Waals surface area contributed by atoms with Crippen LogP contribution in [0.4, 0.5) is 0 Å². The summed E-state index contributed by atoms with van der Waals surface area (Å²) in [5.74, 6) is 0.126. The van der Waals surface area contributed by atoms with Gasteiger partial charge >= 0.3 is 0 Å². The Morgan fingerprint density at radius 3 is 2.83 bits per heavy atom. The zero-order chi connectivity index (χ0) is 17.5. The third kappa shape index (κ3) is 4.82. The maximum atomic E-state index is 12.8. The minimum Gasteiger partial charge on any atom is -0.379 e. The lowest BCUT2D eigenvalue weighted by Gasteiger charge is -2.13. The second-order valence-corrected chi connectivity index (χ2v) is 6.55. The highest BCUT2D eigenvalue weighted by molar-refractivity contribution is 7.99. The summed E-state index contributed by atoms with van der Waals surface area (Å²) in [7, 11) is 1.59. The van der Waals surface area contributed by atoms with E-state index in [1.807, 2.05) is 32.0 Å². The highest BCUT2D eigenvalue weighted by atomic mass is 32.2. The smallest absolute Gasteiger partial charge is 0.262 e. The zero-order valence-corrected chi connectivity index (χ0v) is 15.1. The molecule has 6 nitrogen and oxygen atoms in total. The molecule has 0 saturated carbocycles. The largest absolute Gasteiger partial charge is 0.379 e. The number of nitrogens with one attached hydrogen (secondary N) is 1. The molecule has 0 spiro atoms. The molecular formula is C17H23N3O3S. The monoisotopic (exact) mass is 349 g/mol. The summed E-state index contributed by atoms with van der Waals surface area (Å²) in [4.78, 5) is 28.8. The third-order valence-electron chi connectivity index (χ3n) is 3.42. The molecular weight excluding hydrogens is 326 g/mol. The SMILES string of the molecule is CNC(=O)CSc1nc2ccccc2c(=O)n1CCCOC(C)C. The van der Waals surface area contributed by atoms with Gasteiger partial charge in [0.2, 0.25) is 5.91 Å². The van der Waals surface area contributed by atoms with Gasteiger partial charge in [-0.2, -0.15) is 0 Å². The molecule has 2 rings (SSSR count). The summed E-state index contributed by atoms with van der Waals surface area (Å²) in [5.41, 5.74) is 0.571. The van der Waals surface area contributed by atoms with E-state index in [2.05, 4.69) is 10.3 Å². The molecule has 0 aliphatic carbocycles. The molecule has 0 unspecified atom stereocenters. The van der Waals surface area contributed by atoms with Crippen molar-refractivity contribution in [3.8, 4) is 0 Å². The van der Waals surface area contributed by atoms with Gasteiger partial charge in [-0.05, 0) is 32.4 Å². The van der Waals surface area contributed by atoms with Crippen molar-refractivity contribution in [2.24, 2.45) is 0 Å². The number of nitrogens with zero attached hydrogens (tertiary/aromatic N) is 2. The number of carbonyl (C=O) groups excluding carboxylic acids is 1. The molecule has 24 heavy (non-hydrogen) atoms. The lowest BCUT2D eigenvalue weighted by Crippen LogP contribution is -2.26. The summed E-state index contributed by atoms with van der Waals surface area (Å²) in [6.45, 7) is 5.05. The molecule has 0 fully saturated rings. The Bertz CT molecular complexity index is 758. The Labute approximate surface area is 145 Å². The van der Waals surface area contributed by atoms with E-state index in [9.17, 15) is 9.59 Å². The van der Waals surface area contributed by atoms with Crippen molar-refractivity contribution >= 4 is 28.6 Å². The van der Waals surface area contributed by atoms with E-state index in [1.165, 1.54) is 11.8 Å². The van der Waals surface area contributed by atoms with Gasteiger partial charge in [-0.25, -0.2) is 4.98 Å². The van der Waals surface area contributed by atoms with Crippen molar-refractivity contribution in [3.63, 3.8) is 0 Å². The predicted molar refractivity (Wildman–Crippen MR) is 96.5 cm³/mol. The molecule has 0 bridgehead atoms. The van der Waals surface area contributed by atoms with E-state index in [4.69, 9.17) is 4.74 Å². The molecule has 130 valence electrons. The summed E-state index contributed by atoms with van der Waals surface area (Å²) in [6, 6.07) is 7.27. The molecule has 1 aromatic heterocycles. The van der Waals surface area contributed by atoms with Crippen molar-refractivity contribution < 1.29 is 9.53 Å². The normalized spacial score (nSPS) is 11.2. The van der Waals surface area contributed by atoms with E-state index >= 15 is 0 Å². The Morgan fingerprint density at radius 1 is 1.38 bits per heavy atom. The van der Waals surface area contributed by atoms with Crippen LogP contribution in [0.3, 0.4) is 0 Å². The number of para-hydroxylation sites is 1. The summed E-state index contributed by atoms with van der Waals surface area (Å²) >= 11 is 1.27. The molecule has 1 aromatic carbocycles. The molecule has 1 N–H and O–H groups in total. The van der Waals surface area contributed by atoms with Gasteiger partial charge in [-0.15, -0.1) is 0 Å². The van der Waals surface area contributed by atoms with Crippen molar-refractivity contribution in [2.75, 3.05) is 19.4 Å². The van der Waals surface area contributed by atoms with Gasteiger partial charge in [0.15, 0.2) is 5.16 Å². The van der Waals surface area contributed by atoms with E-state index in [0.29, 0.717) is 35.6 Å². The number of hydrogen-bond donors (Lipinski definition) is 1. The summed E-state index contributed by atoms with van der Waals surface area (Å²) in [6.07, 6.45) is 0.879. The maximum absolute atomic E-state index is 12.8. The minimum atomic E-state index is -0.0999. The fourth-order valence-electron chi connectivity index (χ4n) is 2.20. The van der Waals surface area contributed by atoms with Crippen LogP contribution in [0, 0.1) is 0 Å². The van der Waals surface area contributed by atoms with Gasteiger partial charge in [-0.1, -0.05) is 23.9 Å². The maximum Gasteiger partial charge on any atom is 0.262 e. The average Bonchev–Trinajstić information content (AvgIpc) is 2.58. The van der Waals surface area contributed by atoms with Crippen LogP contribution in [0.15, 0.2) is 34.2 Å². The molecule has 7 heteroatoms. The lowest BCUT2D eigenvalue weighted by atomic mass is 10.2. The Hall–Kier alpha value is -1.86. The predicted octanol–water partition coefficient (Wildman–Crippen LogP) is 2.05. The average molecular weight is 349 g/mol. The Morgan fingerprint density at radius 2 is 2.12 bits per heavy atom. The van der Waals surface area contributed by atoms with Crippen molar-refractivity contribution in [3.05, 3.63) is 34.6 Å². The number of aromatic nitrogens is 2. The van der Waals surface area contributed by atoms with Gasteiger partial charge in [0.25, 0.3) is 5.56 Å². The molecule has 0 aliphatic rings. The molecule has 1 amide bonds. The van der Waals surface area contributed by atoms with Crippen LogP contribution in [0.2, 0.25) is 0 Å². The first-order chi connectivity index (χ1) is 11.5. The van der Waals surface area contributed by atoms with Crippen molar-refractivity contribution in [1.29, 1.82) is 0 Å². The van der Waals surface area contributed by atoms with Crippen molar-refractivity contribution in [1.82, 2.24) is 14.9 Å². The number of hydrogen-bond acceptors (Lipinski definition) is 5. The van der Waals surface area contributed by atoms with Gasteiger partial charge in [-0.3, -0.25) is 14.2 Å². The third-order valence-corrected chi connectivity index (χ3v) is 4.39. The summed E-state index contributed by atoms with van der Waals surface area (Å²) in [5, 5.41) is 3.73.